The van der Waals surface area contributed by atoms with Crippen LogP contribution in [-0.4, -0.2) is 37.7 Å². The fourth-order valence-corrected chi connectivity index (χ4v) is 3.72. The van der Waals surface area contributed by atoms with E-state index in [1.807, 2.05) is 30.3 Å². The number of nitrogens with one attached hydrogen (secondary N) is 1. The molecule has 24 heavy (non-hydrogen) atoms. The van der Waals surface area contributed by atoms with Crippen molar-refractivity contribution in [3.05, 3.63) is 47.5 Å². The number of aryl methyl sites for hydroxylation is 1. The van der Waals surface area contributed by atoms with E-state index in [2.05, 4.69) is 39.0 Å². The number of H-pyrrole nitrogens is 1. The summed E-state index contributed by atoms with van der Waals surface area (Å²) in [4.78, 5) is 10.2. The van der Waals surface area contributed by atoms with E-state index in [1.54, 1.807) is 0 Å². The van der Waals surface area contributed by atoms with E-state index in [0.29, 0.717) is 0 Å². The highest BCUT2D eigenvalue weighted by Gasteiger charge is 2.20. The largest absolute Gasteiger partial charge is 0.346 e. The molecule has 4 heterocycles. The van der Waals surface area contributed by atoms with Crippen LogP contribution >= 0.6 is 0 Å². The molecule has 0 aromatic carbocycles. The third-order valence-electron chi connectivity index (χ3n) is 5.42. The number of aromatic amines is 1. The first-order chi connectivity index (χ1) is 11.7. The maximum Gasteiger partial charge on any atom is 0.137 e. The van der Waals surface area contributed by atoms with Crippen LogP contribution in [0.4, 0.5) is 0 Å². The number of rotatable bonds is 4. The van der Waals surface area contributed by atoms with Gasteiger partial charge in [0.05, 0.1) is 6.20 Å². The minimum absolute atomic E-state index is 0.773. The number of nitrogens with zero attached hydrogens (tertiary/aromatic N) is 4. The molecular weight excluding hydrogens is 298 g/mol. The molecule has 3 aromatic rings. The van der Waals surface area contributed by atoms with Crippen molar-refractivity contribution >= 4 is 11.0 Å². The molecule has 1 saturated heterocycles. The standard InChI is InChI=1S/C19H25N5/c1-14-18(12-22-23(14)2)13-24-7-4-15(5-8-24)9-16-10-17-3-6-20-19(17)21-11-16/h3,6,10-12,15H,4-5,7-9,13H2,1-2H3,(H,20,21). The van der Waals surface area contributed by atoms with Gasteiger partial charge in [-0.1, -0.05) is 0 Å². The molecule has 0 unspecified atom stereocenters. The summed E-state index contributed by atoms with van der Waals surface area (Å²) in [7, 11) is 2.01. The Bertz CT molecular complexity index is 823. The summed E-state index contributed by atoms with van der Waals surface area (Å²) < 4.78 is 1.96. The van der Waals surface area contributed by atoms with Crippen LogP contribution in [0.25, 0.3) is 11.0 Å². The predicted molar refractivity (Wildman–Crippen MR) is 95.7 cm³/mol. The first kappa shape index (κ1) is 15.4. The molecule has 5 heteroatoms. The lowest BCUT2D eigenvalue weighted by molar-refractivity contribution is 0.176. The number of hydrogen-bond acceptors (Lipinski definition) is 3. The van der Waals surface area contributed by atoms with Crippen molar-refractivity contribution in [2.45, 2.75) is 32.7 Å². The molecular formula is C19H25N5. The van der Waals surface area contributed by atoms with Crippen LogP contribution in [0.15, 0.2) is 30.7 Å². The summed E-state index contributed by atoms with van der Waals surface area (Å²) in [6, 6.07) is 4.38. The molecule has 0 bridgehead atoms. The summed E-state index contributed by atoms with van der Waals surface area (Å²) in [5.74, 6) is 0.773. The number of piperidine rings is 1. The van der Waals surface area contributed by atoms with Crippen molar-refractivity contribution in [3.63, 3.8) is 0 Å². The van der Waals surface area contributed by atoms with E-state index in [1.165, 1.54) is 48.1 Å². The molecule has 1 aliphatic rings. The second-order valence-corrected chi connectivity index (χ2v) is 7.06. The number of pyridine rings is 1. The molecule has 4 rings (SSSR count). The van der Waals surface area contributed by atoms with Crippen LogP contribution in [0.3, 0.4) is 0 Å². The Hall–Kier alpha value is -2.14. The van der Waals surface area contributed by atoms with E-state index in [-0.39, 0.29) is 0 Å². The highest BCUT2D eigenvalue weighted by atomic mass is 15.3. The molecule has 0 spiro atoms. The van der Waals surface area contributed by atoms with Gasteiger partial charge in [-0.15, -0.1) is 0 Å². The van der Waals surface area contributed by atoms with Crippen LogP contribution in [0.1, 0.15) is 29.7 Å². The highest BCUT2D eigenvalue weighted by molar-refractivity contribution is 5.75. The number of aromatic nitrogens is 4. The lowest BCUT2D eigenvalue weighted by Gasteiger charge is -2.31. The number of fused-ring (bicyclic) bond motifs is 1. The first-order valence-corrected chi connectivity index (χ1v) is 8.81. The maximum atomic E-state index is 4.51. The molecule has 0 aliphatic carbocycles. The van der Waals surface area contributed by atoms with Gasteiger partial charge in [-0.25, -0.2) is 4.98 Å². The molecule has 0 atom stereocenters. The summed E-state index contributed by atoms with van der Waals surface area (Å²) >= 11 is 0. The zero-order chi connectivity index (χ0) is 16.5. The molecule has 0 saturated carbocycles. The molecule has 5 nitrogen and oxygen atoms in total. The quantitative estimate of drug-likeness (QED) is 0.803. The van der Waals surface area contributed by atoms with Gasteiger partial charge >= 0.3 is 0 Å². The SMILES string of the molecule is Cc1c(CN2CCC(Cc3cnc4[nH]ccc4c3)CC2)cnn1C. The minimum atomic E-state index is 0.773. The molecule has 1 aliphatic heterocycles. The van der Waals surface area contributed by atoms with Crippen LogP contribution in [0.2, 0.25) is 0 Å². The van der Waals surface area contributed by atoms with Gasteiger partial charge in [0.1, 0.15) is 5.65 Å². The van der Waals surface area contributed by atoms with Gasteiger partial charge in [0.2, 0.25) is 0 Å². The minimum Gasteiger partial charge on any atom is -0.346 e. The van der Waals surface area contributed by atoms with Crippen molar-refractivity contribution in [1.29, 1.82) is 0 Å². The van der Waals surface area contributed by atoms with Crippen LogP contribution < -0.4 is 0 Å². The molecule has 126 valence electrons. The molecule has 0 amide bonds. The maximum absolute atomic E-state index is 4.51. The van der Waals surface area contributed by atoms with E-state index < -0.39 is 0 Å². The average Bonchev–Trinajstić information content (AvgIpc) is 3.18. The summed E-state index contributed by atoms with van der Waals surface area (Å²) in [6.07, 6.45) is 9.69. The van der Waals surface area contributed by atoms with Gasteiger partial charge in [0.25, 0.3) is 0 Å². The van der Waals surface area contributed by atoms with E-state index >= 15 is 0 Å². The normalized spacial score (nSPS) is 16.9. The second kappa shape index (κ2) is 6.40. The van der Waals surface area contributed by atoms with E-state index in [0.717, 1.165) is 24.5 Å². The van der Waals surface area contributed by atoms with Crippen LogP contribution in [0.5, 0.6) is 0 Å². The first-order valence-electron chi connectivity index (χ1n) is 8.81. The summed E-state index contributed by atoms with van der Waals surface area (Å²) in [5.41, 5.74) is 4.99. The van der Waals surface area contributed by atoms with Gasteiger partial charge in [0, 0.05) is 42.6 Å². The fourth-order valence-electron chi connectivity index (χ4n) is 3.72. The highest BCUT2D eigenvalue weighted by Crippen LogP contribution is 2.24. The van der Waals surface area contributed by atoms with Gasteiger partial charge in [-0.05, 0) is 62.9 Å². The Morgan fingerprint density at radius 2 is 2.08 bits per heavy atom. The molecule has 3 aromatic heterocycles. The second-order valence-electron chi connectivity index (χ2n) is 7.06. The number of hydrogen-bond donors (Lipinski definition) is 1. The van der Waals surface area contributed by atoms with Crippen molar-refractivity contribution in [3.8, 4) is 0 Å². The Kier molecular flexibility index (Phi) is 4.10. The van der Waals surface area contributed by atoms with E-state index in [9.17, 15) is 0 Å². The lowest BCUT2D eigenvalue weighted by Crippen LogP contribution is -2.34. The predicted octanol–water partition coefficient (Wildman–Crippen LogP) is 3.06. The smallest absolute Gasteiger partial charge is 0.137 e. The van der Waals surface area contributed by atoms with Gasteiger partial charge in [0.15, 0.2) is 0 Å². The Morgan fingerprint density at radius 3 is 2.83 bits per heavy atom. The zero-order valence-electron chi connectivity index (χ0n) is 14.5. The van der Waals surface area contributed by atoms with Gasteiger partial charge < -0.3 is 4.98 Å². The fraction of sp³-hybridized carbons (Fsp3) is 0.474. The van der Waals surface area contributed by atoms with Crippen LogP contribution in [-0.2, 0) is 20.0 Å². The third-order valence-corrected chi connectivity index (χ3v) is 5.42. The summed E-state index contributed by atoms with van der Waals surface area (Å²) in [6.45, 7) is 5.54. The van der Waals surface area contributed by atoms with Crippen molar-refractivity contribution in [2.24, 2.45) is 13.0 Å². The molecule has 1 N–H and O–H groups in total. The van der Waals surface area contributed by atoms with Crippen molar-refractivity contribution < 1.29 is 0 Å². The third kappa shape index (κ3) is 3.08. The number of likely N-dealkylation sites (tertiary alicyclic amines) is 1. The summed E-state index contributed by atoms with van der Waals surface area (Å²) in [5, 5.41) is 5.57. The van der Waals surface area contributed by atoms with Crippen LogP contribution in [0, 0.1) is 12.8 Å². The Balaban J connectivity index is 1.33. The lowest BCUT2D eigenvalue weighted by atomic mass is 9.90. The van der Waals surface area contributed by atoms with Gasteiger partial charge in [-0.2, -0.15) is 5.10 Å². The topological polar surface area (TPSA) is 49.7 Å². The Morgan fingerprint density at radius 1 is 1.25 bits per heavy atom. The monoisotopic (exact) mass is 323 g/mol. The van der Waals surface area contributed by atoms with Crippen molar-refractivity contribution in [1.82, 2.24) is 24.6 Å². The van der Waals surface area contributed by atoms with Crippen molar-refractivity contribution in [2.75, 3.05) is 13.1 Å². The van der Waals surface area contributed by atoms with E-state index in [4.69, 9.17) is 0 Å². The molecule has 0 radical (unpaired) electrons. The van der Waals surface area contributed by atoms with Gasteiger partial charge in [-0.3, -0.25) is 9.58 Å². The Labute approximate surface area is 142 Å². The zero-order valence-corrected chi connectivity index (χ0v) is 14.5. The molecule has 1 fully saturated rings. The average molecular weight is 323 g/mol.